The fourth-order valence-electron chi connectivity index (χ4n) is 2.88. The molecule has 0 unspecified atom stereocenters. The lowest BCUT2D eigenvalue weighted by Gasteiger charge is -2.13. The van der Waals surface area contributed by atoms with Crippen molar-refractivity contribution in [1.82, 2.24) is 15.0 Å². The molecule has 0 radical (unpaired) electrons. The fourth-order valence-corrected chi connectivity index (χ4v) is 4.08. The molecule has 146 valence electrons. The van der Waals surface area contributed by atoms with Crippen LogP contribution in [-0.4, -0.2) is 28.0 Å². The fraction of sp³-hybridized carbons (Fsp3) is 0.100. The number of hydrogen-bond acceptors (Lipinski definition) is 8. The van der Waals surface area contributed by atoms with Gasteiger partial charge < -0.3 is 15.4 Å². The molecule has 0 amide bonds. The summed E-state index contributed by atoms with van der Waals surface area (Å²) >= 11 is 7.77. The number of aromatic nitrogens is 3. The molecule has 29 heavy (non-hydrogen) atoms. The summed E-state index contributed by atoms with van der Waals surface area (Å²) in [6.07, 6.45) is 1.50. The van der Waals surface area contributed by atoms with Crippen LogP contribution < -0.4 is 10.6 Å². The topological polar surface area (TPSA) is 95.8 Å². The van der Waals surface area contributed by atoms with Gasteiger partial charge in [0.25, 0.3) is 0 Å². The normalized spacial score (nSPS) is 10.9. The van der Waals surface area contributed by atoms with E-state index in [2.05, 4.69) is 32.2 Å². The molecule has 4 aromatic rings. The van der Waals surface area contributed by atoms with E-state index in [0.717, 1.165) is 32.5 Å². The molecule has 2 aromatic heterocycles. The predicted molar refractivity (Wildman–Crippen MR) is 120 cm³/mol. The van der Waals surface area contributed by atoms with Gasteiger partial charge in [-0.15, -0.1) is 11.3 Å². The van der Waals surface area contributed by atoms with Gasteiger partial charge >= 0.3 is 0 Å². The highest BCUT2D eigenvalue weighted by molar-refractivity contribution is 7.21. The van der Waals surface area contributed by atoms with E-state index in [1.54, 1.807) is 6.07 Å². The zero-order valence-electron chi connectivity index (χ0n) is 15.7. The summed E-state index contributed by atoms with van der Waals surface area (Å²) in [6.45, 7) is 5.75. The van der Waals surface area contributed by atoms with Crippen molar-refractivity contribution in [2.75, 3.05) is 17.7 Å². The van der Waals surface area contributed by atoms with Crippen LogP contribution in [0.25, 0.3) is 21.1 Å². The minimum Gasteiger partial charge on any atom is -0.479 e. The van der Waals surface area contributed by atoms with E-state index in [-0.39, 0.29) is 5.90 Å². The molecule has 0 aliphatic rings. The van der Waals surface area contributed by atoms with Gasteiger partial charge in [0, 0.05) is 11.4 Å². The average molecular weight is 425 g/mol. The number of rotatable bonds is 5. The van der Waals surface area contributed by atoms with Crippen LogP contribution in [0.3, 0.4) is 0 Å². The Kier molecular flexibility index (Phi) is 5.04. The standard InChI is InChI=1S/C20H17ClN6OS/c1-10(2)25-11-4-5-12(21)15(8-11)26-19-16-13(23-9-24-19)6-7-14-17(16)29-20(27-14)18(22)28-3/h4-9,22,25H,1H2,2-3H3,(H,23,24,26). The largest absolute Gasteiger partial charge is 0.479 e. The van der Waals surface area contributed by atoms with Gasteiger partial charge in [0.1, 0.15) is 12.1 Å². The molecule has 2 aromatic carbocycles. The maximum absolute atomic E-state index is 7.91. The first-order valence-electron chi connectivity index (χ1n) is 8.62. The summed E-state index contributed by atoms with van der Waals surface area (Å²) in [4.78, 5) is 13.3. The van der Waals surface area contributed by atoms with Gasteiger partial charge in [-0.25, -0.2) is 15.0 Å². The van der Waals surface area contributed by atoms with E-state index in [1.807, 2.05) is 31.2 Å². The molecule has 9 heteroatoms. The van der Waals surface area contributed by atoms with Crippen molar-refractivity contribution in [3.63, 3.8) is 0 Å². The Balaban J connectivity index is 1.85. The monoisotopic (exact) mass is 424 g/mol. The molecular weight excluding hydrogens is 408 g/mol. The summed E-state index contributed by atoms with van der Waals surface area (Å²) in [5.74, 6) is 0.626. The van der Waals surface area contributed by atoms with Gasteiger partial charge in [-0.2, -0.15) is 0 Å². The highest BCUT2D eigenvalue weighted by Crippen LogP contribution is 2.36. The van der Waals surface area contributed by atoms with Gasteiger partial charge in [0.05, 0.1) is 38.9 Å². The number of fused-ring (bicyclic) bond motifs is 3. The first-order chi connectivity index (χ1) is 14.0. The molecule has 0 spiro atoms. The molecule has 0 fully saturated rings. The van der Waals surface area contributed by atoms with Gasteiger partial charge in [0.15, 0.2) is 5.01 Å². The lowest BCUT2D eigenvalue weighted by atomic mass is 10.2. The molecule has 7 nitrogen and oxygen atoms in total. The summed E-state index contributed by atoms with van der Waals surface area (Å²) in [5, 5.41) is 16.3. The molecule has 0 aliphatic heterocycles. The number of anilines is 3. The van der Waals surface area contributed by atoms with E-state index in [0.29, 0.717) is 21.5 Å². The van der Waals surface area contributed by atoms with E-state index >= 15 is 0 Å². The molecule has 0 saturated heterocycles. The number of nitrogens with one attached hydrogen (secondary N) is 3. The number of ether oxygens (including phenoxy) is 1. The highest BCUT2D eigenvalue weighted by Gasteiger charge is 2.16. The second kappa shape index (κ2) is 7.65. The van der Waals surface area contributed by atoms with Crippen molar-refractivity contribution in [3.8, 4) is 0 Å². The van der Waals surface area contributed by atoms with E-state index in [1.165, 1.54) is 24.8 Å². The molecule has 4 rings (SSSR count). The lowest BCUT2D eigenvalue weighted by molar-refractivity contribution is 0.401. The van der Waals surface area contributed by atoms with Crippen LogP contribution in [0.2, 0.25) is 5.02 Å². The van der Waals surface area contributed by atoms with Crippen molar-refractivity contribution in [1.29, 1.82) is 5.41 Å². The summed E-state index contributed by atoms with van der Waals surface area (Å²) in [6, 6.07) is 9.33. The molecule has 3 N–H and O–H groups in total. The van der Waals surface area contributed by atoms with Gasteiger partial charge in [0.2, 0.25) is 5.90 Å². The summed E-state index contributed by atoms with van der Waals surface area (Å²) in [7, 11) is 1.45. The van der Waals surface area contributed by atoms with Crippen molar-refractivity contribution in [2.24, 2.45) is 0 Å². The first kappa shape index (κ1) is 19.1. The number of allylic oxidation sites excluding steroid dienone is 1. The summed E-state index contributed by atoms with van der Waals surface area (Å²) < 4.78 is 5.89. The Morgan fingerprint density at radius 1 is 1.21 bits per heavy atom. The second-order valence-electron chi connectivity index (χ2n) is 6.31. The third-order valence-corrected chi connectivity index (χ3v) is 5.55. The Morgan fingerprint density at radius 2 is 2.00 bits per heavy atom. The van der Waals surface area contributed by atoms with E-state index < -0.39 is 0 Å². The van der Waals surface area contributed by atoms with Crippen LogP contribution in [0.1, 0.15) is 11.9 Å². The van der Waals surface area contributed by atoms with Crippen LogP contribution in [-0.2, 0) is 4.74 Å². The number of halogens is 1. The van der Waals surface area contributed by atoms with E-state index in [9.17, 15) is 0 Å². The Labute approximate surface area is 175 Å². The minimum atomic E-state index is 0.0207. The van der Waals surface area contributed by atoms with E-state index in [4.69, 9.17) is 21.7 Å². The first-order valence-corrected chi connectivity index (χ1v) is 9.82. The summed E-state index contributed by atoms with van der Waals surface area (Å²) in [5.41, 5.74) is 3.90. The number of hydrogen-bond donors (Lipinski definition) is 3. The average Bonchev–Trinajstić information content (AvgIpc) is 3.14. The maximum atomic E-state index is 7.91. The third kappa shape index (κ3) is 3.72. The van der Waals surface area contributed by atoms with Crippen LogP contribution in [0.15, 0.2) is 48.9 Å². The smallest absolute Gasteiger partial charge is 0.242 e. The number of nitrogens with zero attached hydrogens (tertiary/aromatic N) is 3. The molecule has 0 aliphatic carbocycles. The highest BCUT2D eigenvalue weighted by atomic mass is 35.5. The van der Waals surface area contributed by atoms with Crippen LogP contribution in [0.5, 0.6) is 0 Å². The number of thiazole rings is 1. The second-order valence-corrected chi connectivity index (χ2v) is 7.71. The number of benzene rings is 2. The molecule has 0 atom stereocenters. The predicted octanol–water partition coefficient (Wildman–Crippen LogP) is 5.55. The Bertz CT molecular complexity index is 1270. The lowest BCUT2D eigenvalue weighted by Crippen LogP contribution is -1.99. The van der Waals surface area contributed by atoms with Crippen molar-refractivity contribution in [2.45, 2.75) is 6.92 Å². The zero-order chi connectivity index (χ0) is 20.5. The number of methoxy groups -OCH3 is 1. The third-order valence-electron chi connectivity index (χ3n) is 4.13. The van der Waals surface area contributed by atoms with Crippen LogP contribution in [0, 0.1) is 5.41 Å². The van der Waals surface area contributed by atoms with Crippen LogP contribution >= 0.6 is 22.9 Å². The van der Waals surface area contributed by atoms with Gasteiger partial charge in [-0.05, 0) is 37.3 Å². The quantitative estimate of drug-likeness (QED) is 0.287. The molecule has 0 saturated carbocycles. The Morgan fingerprint density at radius 3 is 2.76 bits per heavy atom. The molecule has 0 bridgehead atoms. The minimum absolute atomic E-state index is 0.0207. The SMILES string of the molecule is C=C(C)Nc1ccc(Cl)c(Nc2ncnc3ccc4nc(C(=N)OC)sc4c23)c1. The van der Waals surface area contributed by atoms with Crippen molar-refractivity contribution >= 4 is 67.1 Å². The van der Waals surface area contributed by atoms with Gasteiger partial charge in [-0.3, -0.25) is 5.41 Å². The maximum Gasteiger partial charge on any atom is 0.242 e. The molecule has 2 heterocycles. The van der Waals surface area contributed by atoms with Crippen LogP contribution in [0.4, 0.5) is 17.2 Å². The zero-order valence-corrected chi connectivity index (χ0v) is 17.3. The Hall–Kier alpha value is -3.23. The van der Waals surface area contributed by atoms with Crippen molar-refractivity contribution < 1.29 is 4.74 Å². The van der Waals surface area contributed by atoms with Crippen molar-refractivity contribution in [3.05, 3.63) is 59.0 Å². The van der Waals surface area contributed by atoms with Gasteiger partial charge in [-0.1, -0.05) is 18.2 Å². The molecular formula is C20H17ClN6OS.